The molecule has 0 amide bonds. The average molecular weight is 1590 g/mol. The van der Waals surface area contributed by atoms with E-state index in [1.807, 2.05) is 20.8 Å². The molecule has 6 fully saturated rings. The van der Waals surface area contributed by atoms with Gasteiger partial charge in [0.25, 0.3) is 0 Å². The fraction of sp³-hybridized carbons (Fsp3) is 0.583. The largest absolute Gasteiger partial charge is 0.394 e. The Morgan fingerprint density at radius 2 is 0.787 bits per heavy atom. The van der Waals surface area contributed by atoms with Crippen LogP contribution in [0.2, 0.25) is 0 Å². The highest BCUT2D eigenvalue weighted by Gasteiger charge is 2.49. The Labute approximate surface area is 682 Å². The number of hydrogen-bond acceptors (Lipinski definition) is 30. The van der Waals surface area contributed by atoms with Gasteiger partial charge >= 0.3 is 0 Å². The van der Waals surface area contributed by atoms with E-state index < -0.39 is 232 Å². The summed E-state index contributed by atoms with van der Waals surface area (Å²) in [5.41, 5.74) is -2.19. The van der Waals surface area contributed by atoms with E-state index in [0.717, 1.165) is 53.5 Å². The molecule has 6 aromatic heterocycles. The number of fused-ring (bicyclic) bond motifs is 3. The summed E-state index contributed by atoms with van der Waals surface area (Å²) in [4.78, 5) is 25.7. The monoisotopic (exact) mass is 1590 g/mol. The van der Waals surface area contributed by atoms with Crippen molar-refractivity contribution < 1.29 is 121 Å². The van der Waals surface area contributed by atoms with Crippen LogP contribution in [0.3, 0.4) is 0 Å². The molecule has 6 saturated carbocycles. The number of rotatable bonds is 30. The van der Waals surface area contributed by atoms with Gasteiger partial charge in [-0.2, -0.15) is 0 Å². The zero-order valence-electron chi connectivity index (χ0n) is 92.4. The molecular weight excluding hydrogens is 1460 g/mol. The maximum Gasteiger partial charge on any atom is 0.191 e. The molecule has 6 aliphatic carbocycles. The number of halogens is 3. The van der Waals surface area contributed by atoms with Crippen molar-refractivity contribution in [3.63, 3.8) is 0 Å². The molecule has 15 rings (SSSR count). The third-order valence-corrected chi connectivity index (χ3v) is 19.2. The molecule has 0 radical (unpaired) electrons. The quantitative estimate of drug-likeness (QED) is 0.0168. The number of ether oxygens (including phenoxy) is 3. The molecule has 6 heterocycles. The van der Waals surface area contributed by atoms with Gasteiger partial charge in [0.05, 0.1) is 103 Å². The van der Waals surface area contributed by atoms with E-state index in [1.54, 1.807) is 0 Å². The number of aliphatic hydroxyl groups excluding tert-OH is 1. The number of hydrogen-bond donors (Lipinski definition) is 12. The molecule has 9 aromatic rings. The van der Waals surface area contributed by atoms with Crippen molar-refractivity contribution in [1.82, 2.24) is 74.9 Å². The lowest BCUT2D eigenvalue weighted by Gasteiger charge is -2.17. The van der Waals surface area contributed by atoms with Crippen LogP contribution in [0.1, 0.15) is 195 Å². The van der Waals surface area contributed by atoms with Gasteiger partial charge in [-0.05, 0) is 111 Å². The van der Waals surface area contributed by atoms with E-state index in [0.29, 0.717) is 36.5 Å². The first-order valence-electron chi connectivity index (χ1n) is 50.2. The number of nitrogens with one attached hydrogen (secondary N) is 3. The van der Waals surface area contributed by atoms with Gasteiger partial charge in [0.2, 0.25) is 0 Å². The Kier molecular flexibility index (Phi) is 14.9. The third kappa shape index (κ3) is 17.5. The molecule has 18 atom stereocenters. The Bertz CT molecular complexity index is 6480. The van der Waals surface area contributed by atoms with E-state index in [4.69, 9.17) is 57.5 Å². The molecule has 0 unspecified atom stereocenters. The second kappa shape index (κ2) is 35.1. The lowest BCUT2D eigenvalue weighted by molar-refractivity contribution is -0.0629. The van der Waals surface area contributed by atoms with Crippen LogP contribution in [0.4, 0.5) is 30.6 Å². The van der Waals surface area contributed by atoms with Gasteiger partial charge in [-0.1, -0.05) is 108 Å². The Morgan fingerprint density at radius 1 is 0.463 bits per heavy atom. The zero-order chi connectivity index (χ0) is 108. The van der Waals surface area contributed by atoms with Crippen LogP contribution in [0, 0.1) is 38.2 Å². The highest BCUT2D eigenvalue weighted by molar-refractivity contribution is 7.99. The molecular formula is C72H93F3N18O12S3. The summed E-state index contributed by atoms with van der Waals surface area (Å²) in [6.07, 6.45) is -53.6. The van der Waals surface area contributed by atoms with Gasteiger partial charge in [0.1, 0.15) is 53.9 Å². The van der Waals surface area contributed by atoms with Crippen LogP contribution in [-0.2, 0) is 14.2 Å². The molecule has 3 aromatic carbocycles. The SMILES string of the molecule is [2H]C([2H])(CO)O[C@@]1([2H])C([2H])([2H])[C@@]([2H])(n2nnc3c(N[C@@H]4C([2H])([2H])[C@@]4([2H])c4ccc(C)c(F)c4)nc(SCCC)nc32)[C@]([2H])(O)[C@]1([2H])O.[2H]C([2H])(O)C([2H])([2H])O[C@@]1([2H])C([2H])([2H])[C@@]([2H])(n2nnc3c(N[C@@H]4C([2H])([2H])[C@@]4([2H])c4ccc(C)c(F)c4)nc(SCCC)nc32)[C@]([2H])(O)[C@]1([2H])O.[2H]C([2H])(O)CO[C@@]1([2H])C([2H])([2H])[C@@]([2H])(n2nnc3c(N[C@@H]4C([2H])([2H])[C@@]4([2H])c4ccc(C)c(F)c4)nc(SCCC)nc32)[C@]([2H])(O)[C@]1([2H])O. The smallest absolute Gasteiger partial charge is 0.191 e. The minimum atomic E-state index is -4.31. The number of thioether (sulfide) groups is 3. The van der Waals surface area contributed by atoms with E-state index in [-0.39, 0.29) is 85.9 Å². The first kappa shape index (κ1) is 46.0. The average Bonchev–Trinajstić information content (AvgIpc) is 1.47. The summed E-state index contributed by atoms with van der Waals surface area (Å²) in [6, 6.07) is -3.88. The molecule has 6 aliphatic rings. The van der Waals surface area contributed by atoms with E-state index in [9.17, 15) is 59.1 Å². The van der Waals surface area contributed by atoms with E-state index in [2.05, 4.69) is 81.5 Å². The Hall–Kier alpha value is -7.14. The molecule has 0 bridgehead atoms. The number of nitrogens with zero attached hydrogens (tertiary/aromatic N) is 15. The number of aromatic nitrogens is 15. The van der Waals surface area contributed by atoms with Crippen molar-refractivity contribution in [1.29, 1.82) is 0 Å². The summed E-state index contributed by atoms with van der Waals surface area (Å²) in [5, 5.41) is 126. The molecule has 108 heavy (non-hydrogen) atoms. The van der Waals surface area contributed by atoms with E-state index in [1.165, 1.54) is 57.2 Å². The molecule has 0 spiro atoms. The number of anilines is 3. The first-order chi connectivity index (χ1) is 64.9. The van der Waals surface area contributed by atoms with Gasteiger partial charge in [-0.25, -0.2) is 57.1 Å². The number of aliphatic hydroxyl groups is 9. The lowest BCUT2D eigenvalue weighted by Crippen LogP contribution is -2.33. The second-order valence-corrected chi connectivity index (χ2v) is 26.8. The minimum absolute atomic E-state index is 0.00944. The molecule has 12 N–H and O–H groups in total. The second-order valence-electron chi connectivity index (χ2n) is 23.6. The predicted molar refractivity (Wildman–Crippen MR) is 398 cm³/mol. The van der Waals surface area contributed by atoms with Crippen LogP contribution in [-0.4, -0.2) is 250 Å². The van der Waals surface area contributed by atoms with Gasteiger partial charge in [0, 0.05) is 92.7 Å². The molecule has 30 nitrogen and oxygen atoms in total. The van der Waals surface area contributed by atoms with Crippen LogP contribution < -0.4 is 16.0 Å². The van der Waals surface area contributed by atoms with Crippen LogP contribution in [0.5, 0.6) is 0 Å². The molecule has 0 aliphatic heterocycles. The summed E-state index contributed by atoms with van der Waals surface area (Å²) in [5.74, 6) is -7.72. The van der Waals surface area contributed by atoms with Crippen molar-refractivity contribution in [2.24, 2.45) is 0 Å². The van der Waals surface area contributed by atoms with E-state index >= 15 is 0 Å². The Morgan fingerprint density at radius 3 is 1.08 bits per heavy atom. The van der Waals surface area contributed by atoms with Crippen molar-refractivity contribution >= 4 is 86.2 Å². The lowest BCUT2D eigenvalue weighted by atomic mass is 10.1. The highest BCUT2D eigenvalue weighted by atomic mass is 32.2. The van der Waals surface area contributed by atoms with Gasteiger partial charge < -0.3 is 76.1 Å². The summed E-state index contributed by atoms with van der Waals surface area (Å²) in [6.45, 7) is -7.52. The van der Waals surface area contributed by atoms with Gasteiger partial charge in [-0.15, -0.1) is 15.3 Å². The third-order valence-electron chi connectivity index (χ3n) is 16.0. The number of aryl methyl sites for hydroxylation is 3. The first-order valence-corrected chi connectivity index (χ1v) is 35.7. The molecule has 582 valence electrons. The van der Waals surface area contributed by atoms with Crippen molar-refractivity contribution in [3.05, 3.63) is 105 Å². The fourth-order valence-corrected chi connectivity index (χ4v) is 12.4. The van der Waals surface area contributed by atoms with Crippen LogP contribution >= 0.6 is 35.3 Å². The zero-order valence-corrected chi connectivity index (χ0v) is 59.9. The minimum Gasteiger partial charge on any atom is -0.394 e. The topological polar surface area (TPSA) is 415 Å². The van der Waals surface area contributed by atoms with Crippen molar-refractivity contribution in [2.75, 3.05) is 72.7 Å². The van der Waals surface area contributed by atoms with Gasteiger partial charge in [0.15, 0.2) is 66.4 Å². The summed E-state index contributed by atoms with van der Waals surface area (Å²) < 4.78 is 351. The molecule has 0 saturated heterocycles. The summed E-state index contributed by atoms with van der Waals surface area (Å²) >= 11 is 3.11. The Balaban J connectivity index is 0.000000180. The highest BCUT2D eigenvalue weighted by Crippen LogP contribution is 2.48. The van der Waals surface area contributed by atoms with Crippen molar-refractivity contribution in [3.8, 4) is 0 Å². The molecule has 36 heteroatoms. The van der Waals surface area contributed by atoms with Crippen LogP contribution in [0.15, 0.2) is 70.1 Å². The predicted octanol–water partition coefficient (Wildman–Crippen LogP) is 6.55. The maximum atomic E-state index is 14.4. The van der Waals surface area contributed by atoms with Gasteiger partial charge in [-0.3, -0.25) is 0 Å². The maximum absolute atomic E-state index is 14.4. The normalized spacial score (nSPS) is 45.9. The standard InChI is InChI=1S/3C24H31FN6O4S/c3*1-3-8-36-24-27-22(26-16-10-14(16)13-5-4-12(2)15(25)9-13)19-23(28-24)31(30-29-19)17-11-18(35-7-6-32)21(34)20(17)33/h3*4-5,9,14,16-18,20-21,32-34H,3,6-8,10-11H2,1-2H3,(H,26,27,28)/t3*14-,16+,17+,18-,20-,21+/m000/s1/i6D2,7D2,10D2,11D2,14D,17D,18D,20D,21D;7D2,10D2,11D2,14D,17D,18D,20D,21D;6D2,10D2,11D2,14D,17D,18D,20D,21D. The van der Waals surface area contributed by atoms with Crippen LogP contribution in [0.25, 0.3) is 33.5 Å². The van der Waals surface area contributed by atoms with Crippen molar-refractivity contribution in [2.45, 2.75) is 223 Å². The fourth-order valence-electron chi connectivity index (χ4n) is 10.4. The number of benzene rings is 3. The summed E-state index contributed by atoms with van der Waals surface area (Å²) in [7, 11) is 0.